The number of nitrogens with zero attached hydrogens (tertiary/aromatic N) is 1. The molecule has 0 atom stereocenters. The molecule has 30 heavy (non-hydrogen) atoms. The molecule has 0 radical (unpaired) electrons. The van der Waals surface area contributed by atoms with Gasteiger partial charge in [0.25, 0.3) is 5.91 Å². The highest BCUT2D eigenvalue weighted by Gasteiger charge is 2.15. The lowest BCUT2D eigenvalue weighted by Gasteiger charge is -2.11. The lowest BCUT2D eigenvalue weighted by atomic mass is 10.1. The Morgan fingerprint density at radius 1 is 1.27 bits per heavy atom. The van der Waals surface area contributed by atoms with Crippen LogP contribution in [0.2, 0.25) is 5.02 Å². The smallest absolute Gasteiger partial charge is 0.344 e. The lowest BCUT2D eigenvalue weighted by molar-refractivity contribution is -0.145. The largest absolute Gasteiger partial charge is 0.480 e. The van der Waals surface area contributed by atoms with Crippen LogP contribution in [0.5, 0.6) is 5.75 Å². The fourth-order valence-electron chi connectivity index (χ4n) is 2.38. The summed E-state index contributed by atoms with van der Waals surface area (Å²) in [5.74, 6) is -0.643. The summed E-state index contributed by atoms with van der Waals surface area (Å²) in [6.45, 7) is 3.51. The van der Waals surface area contributed by atoms with Gasteiger partial charge in [0.1, 0.15) is 17.4 Å². The van der Waals surface area contributed by atoms with Gasteiger partial charge >= 0.3 is 5.97 Å². The zero-order chi connectivity index (χ0) is 22.3. The lowest BCUT2D eigenvalue weighted by Crippen LogP contribution is -2.15. The van der Waals surface area contributed by atoms with Gasteiger partial charge in [-0.15, -0.1) is 0 Å². The van der Waals surface area contributed by atoms with Crippen molar-refractivity contribution in [3.8, 4) is 11.8 Å². The Balaban J connectivity index is 2.22. The van der Waals surface area contributed by atoms with Crippen LogP contribution >= 0.6 is 43.5 Å². The highest BCUT2D eigenvalue weighted by molar-refractivity contribution is 9.11. The first-order valence-electron chi connectivity index (χ1n) is 8.72. The summed E-state index contributed by atoms with van der Waals surface area (Å²) >= 11 is 12.8. The molecule has 2 aromatic rings. The van der Waals surface area contributed by atoms with E-state index in [9.17, 15) is 14.9 Å². The summed E-state index contributed by atoms with van der Waals surface area (Å²) in [6.07, 6.45) is 1.44. The standard InChI is InChI=1S/C21H17Br2ClN2O4/c1-3-29-19(27)11-30-20-15(22)8-13(9-16(20)23)7-14(10-25)21(28)26-18-6-4-5-17(24)12(18)2/h4-9H,3,11H2,1-2H3,(H,26,28)/b14-7-. The van der Waals surface area contributed by atoms with Crippen LogP contribution in [0, 0.1) is 18.3 Å². The molecular formula is C21H17Br2ClN2O4. The van der Waals surface area contributed by atoms with E-state index >= 15 is 0 Å². The van der Waals surface area contributed by atoms with E-state index < -0.39 is 11.9 Å². The van der Waals surface area contributed by atoms with Crippen molar-refractivity contribution in [2.75, 3.05) is 18.5 Å². The van der Waals surface area contributed by atoms with Gasteiger partial charge in [0.15, 0.2) is 6.61 Å². The maximum atomic E-state index is 12.5. The van der Waals surface area contributed by atoms with Crippen molar-refractivity contribution >= 4 is 67.1 Å². The minimum Gasteiger partial charge on any atom is -0.480 e. The molecule has 0 aliphatic carbocycles. The molecule has 0 saturated carbocycles. The van der Waals surface area contributed by atoms with Gasteiger partial charge in [0.2, 0.25) is 0 Å². The number of rotatable bonds is 7. The number of halogens is 3. The second-order valence-corrected chi connectivity index (χ2v) is 8.06. The van der Waals surface area contributed by atoms with E-state index in [0.717, 1.165) is 0 Å². The van der Waals surface area contributed by atoms with Crippen molar-refractivity contribution in [3.05, 3.63) is 61.0 Å². The normalized spacial score (nSPS) is 10.9. The van der Waals surface area contributed by atoms with E-state index in [0.29, 0.717) is 36.5 Å². The maximum Gasteiger partial charge on any atom is 0.344 e. The number of hydrogen-bond donors (Lipinski definition) is 1. The average Bonchev–Trinajstić information content (AvgIpc) is 2.69. The molecule has 0 saturated heterocycles. The number of esters is 1. The predicted octanol–water partition coefficient (Wildman–Crippen LogP) is 5.66. The molecule has 1 N–H and O–H groups in total. The first-order chi connectivity index (χ1) is 14.3. The molecule has 2 rings (SSSR count). The number of anilines is 1. The molecular weight excluding hydrogens is 540 g/mol. The number of nitriles is 1. The zero-order valence-corrected chi connectivity index (χ0v) is 20.0. The van der Waals surface area contributed by atoms with E-state index in [4.69, 9.17) is 21.1 Å². The van der Waals surface area contributed by atoms with Gasteiger partial charge in [-0.05, 0) is 87.2 Å². The van der Waals surface area contributed by atoms with Gasteiger partial charge in [-0.25, -0.2) is 4.79 Å². The third-order valence-corrected chi connectivity index (χ3v) is 5.44. The first kappa shape index (κ1) is 23.9. The van der Waals surface area contributed by atoms with Crippen LogP contribution in [0.1, 0.15) is 18.1 Å². The Bertz CT molecular complexity index is 1020. The van der Waals surface area contributed by atoms with Gasteiger partial charge < -0.3 is 14.8 Å². The molecule has 2 aromatic carbocycles. The van der Waals surface area contributed by atoms with Crippen molar-refractivity contribution in [3.63, 3.8) is 0 Å². The molecule has 0 bridgehead atoms. The number of ether oxygens (including phenoxy) is 2. The number of benzene rings is 2. The fraction of sp³-hybridized carbons (Fsp3) is 0.190. The molecule has 9 heteroatoms. The van der Waals surface area contributed by atoms with E-state index in [2.05, 4.69) is 37.2 Å². The SMILES string of the molecule is CCOC(=O)COc1c(Br)cc(/C=C(/C#N)C(=O)Nc2cccc(Cl)c2C)cc1Br. The van der Waals surface area contributed by atoms with E-state index in [-0.39, 0.29) is 18.8 Å². The van der Waals surface area contributed by atoms with E-state index in [1.54, 1.807) is 44.2 Å². The summed E-state index contributed by atoms with van der Waals surface area (Å²) in [7, 11) is 0. The van der Waals surface area contributed by atoms with Crippen molar-refractivity contribution in [2.45, 2.75) is 13.8 Å². The summed E-state index contributed by atoms with van der Waals surface area (Å²) in [5, 5.41) is 12.7. The number of carbonyl (C=O) groups is 2. The Morgan fingerprint density at radius 2 is 1.93 bits per heavy atom. The van der Waals surface area contributed by atoms with Crippen molar-refractivity contribution < 1.29 is 19.1 Å². The topological polar surface area (TPSA) is 88.4 Å². The Morgan fingerprint density at radius 3 is 2.53 bits per heavy atom. The number of hydrogen-bond acceptors (Lipinski definition) is 5. The maximum absolute atomic E-state index is 12.5. The monoisotopic (exact) mass is 554 g/mol. The average molecular weight is 557 g/mol. The Hall–Kier alpha value is -2.34. The second kappa shape index (κ2) is 11.2. The molecule has 0 spiro atoms. The van der Waals surface area contributed by atoms with Gasteiger partial charge in [-0.1, -0.05) is 17.7 Å². The Kier molecular flexibility index (Phi) is 8.90. The first-order valence-corrected chi connectivity index (χ1v) is 10.7. The minimum absolute atomic E-state index is 0.0895. The van der Waals surface area contributed by atoms with Crippen LogP contribution in [-0.2, 0) is 14.3 Å². The molecule has 0 heterocycles. The quantitative estimate of drug-likeness (QED) is 0.270. The van der Waals surface area contributed by atoms with Crippen molar-refractivity contribution in [1.82, 2.24) is 0 Å². The van der Waals surface area contributed by atoms with Gasteiger partial charge in [0.05, 0.1) is 15.6 Å². The number of nitrogens with one attached hydrogen (secondary N) is 1. The molecule has 0 fully saturated rings. The predicted molar refractivity (Wildman–Crippen MR) is 122 cm³/mol. The van der Waals surface area contributed by atoms with Gasteiger partial charge in [0, 0.05) is 10.7 Å². The molecule has 0 aliphatic rings. The van der Waals surface area contributed by atoms with E-state index in [1.165, 1.54) is 6.08 Å². The molecule has 6 nitrogen and oxygen atoms in total. The van der Waals surface area contributed by atoms with Crippen LogP contribution in [0.3, 0.4) is 0 Å². The number of amides is 1. The van der Waals surface area contributed by atoms with Gasteiger partial charge in [-0.3, -0.25) is 4.79 Å². The van der Waals surface area contributed by atoms with Crippen LogP contribution in [-0.4, -0.2) is 25.1 Å². The highest BCUT2D eigenvalue weighted by Crippen LogP contribution is 2.35. The summed E-state index contributed by atoms with van der Waals surface area (Å²) in [4.78, 5) is 24.0. The van der Waals surface area contributed by atoms with Crippen molar-refractivity contribution in [1.29, 1.82) is 5.26 Å². The highest BCUT2D eigenvalue weighted by atomic mass is 79.9. The van der Waals surface area contributed by atoms with Gasteiger partial charge in [-0.2, -0.15) is 5.26 Å². The van der Waals surface area contributed by atoms with E-state index in [1.807, 2.05) is 6.07 Å². The minimum atomic E-state index is -0.558. The molecule has 0 aliphatic heterocycles. The van der Waals surface area contributed by atoms with Crippen molar-refractivity contribution in [2.24, 2.45) is 0 Å². The zero-order valence-electron chi connectivity index (χ0n) is 16.1. The second-order valence-electron chi connectivity index (χ2n) is 5.94. The van der Waals surface area contributed by atoms with Crippen LogP contribution in [0.25, 0.3) is 6.08 Å². The molecule has 0 aromatic heterocycles. The Labute approximate surface area is 196 Å². The fourth-order valence-corrected chi connectivity index (χ4v) is 4.01. The summed E-state index contributed by atoms with van der Waals surface area (Å²) in [6, 6.07) is 10.4. The van der Waals surface area contributed by atoms with Crippen LogP contribution in [0.15, 0.2) is 44.9 Å². The molecule has 1 amide bonds. The molecule has 156 valence electrons. The number of carbonyl (C=O) groups excluding carboxylic acids is 2. The summed E-state index contributed by atoms with van der Waals surface area (Å²) < 4.78 is 11.4. The summed E-state index contributed by atoms with van der Waals surface area (Å²) in [5.41, 5.74) is 1.72. The third kappa shape index (κ3) is 6.33. The van der Waals surface area contributed by atoms with Crippen LogP contribution in [0.4, 0.5) is 5.69 Å². The third-order valence-electron chi connectivity index (χ3n) is 3.85. The van der Waals surface area contributed by atoms with Crippen LogP contribution < -0.4 is 10.1 Å². The molecule has 0 unspecified atom stereocenters.